The largest absolute Gasteiger partial charge is 0.340 e. The molecule has 4 heteroatoms. The predicted molar refractivity (Wildman–Crippen MR) is 86.3 cm³/mol. The Balaban J connectivity index is 2.07. The Labute approximate surface area is 125 Å². The van der Waals surface area contributed by atoms with Gasteiger partial charge in [-0.25, -0.2) is 0 Å². The smallest absolute Gasteiger partial charge is 0.0539 e. The van der Waals surface area contributed by atoms with Crippen LogP contribution in [0.25, 0.3) is 10.9 Å². The van der Waals surface area contributed by atoms with Gasteiger partial charge in [-0.2, -0.15) is 5.10 Å². The minimum absolute atomic E-state index is 0.586. The van der Waals surface area contributed by atoms with Crippen molar-refractivity contribution in [2.75, 3.05) is 0 Å². The van der Waals surface area contributed by atoms with E-state index in [1.54, 1.807) is 0 Å². The van der Waals surface area contributed by atoms with Gasteiger partial charge in [-0.05, 0) is 44.0 Å². The Bertz CT molecular complexity index is 780. The average molecular weight is 282 g/mol. The first-order valence-corrected chi connectivity index (χ1v) is 7.43. The van der Waals surface area contributed by atoms with Gasteiger partial charge in [0.2, 0.25) is 0 Å². The number of rotatable bonds is 4. The number of fused-ring (bicyclic) bond motifs is 1. The monoisotopic (exact) mass is 282 g/mol. The van der Waals surface area contributed by atoms with Crippen molar-refractivity contribution in [1.82, 2.24) is 14.3 Å². The summed E-state index contributed by atoms with van der Waals surface area (Å²) in [7, 11) is 0. The van der Waals surface area contributed by atoms with Gasteiger partial charge in [0, 0.05) is 41.4 Å². The Morgan fingerprint density at radius 2 is 2.00 bits per heavy atom. The van der Waals surface area contributed by atoms with Crippen LogP contribution in [0.15, 0.2) is 30.6 Å². The third-order valence-electron chi connectivity index (χ3n) is 4.29. The van der Waals surface area contributed by atoms with Crippen LogP contribution in [0.4, 0.5) is 0 Å². The predicted octanol–water partition coefficient (Wildman–Crippen LogP) is 2.98. The first kappa shape index (κ1) is 13.9. The molecule has 21 heavy (non-hydrogen) atoms. The van der Waals surface area contributed by atoms with E-state index in [1.165, 1.54) is 33.3 Å². The highest BCUT2D eigenvalue weighted by atomic mass is 15.3. The van der Waals surface area contributed by atoms with Crippen molar-refractivity contribution >= 4 is 10.9 Å². The van der Waals surface area contributed by atoms with Gasteiger partial charge >= 0.3 is 0 Å². The van der Waals surface area contributed by atoms with Crippen LogP contribution in [0.1, 0.15) is 29.3 Å². The Morgan fingerprint density at radius 1 is 1.19 bits per heavy atom. The van der Waals surface area contributed by atoms with Gasteiger partial charge in [-0.15, -0.1) is 0 Å². The number of hydrogen-bond acceptors (Lipinski definition) is 2. The zero-order valence-corrected chi connectivity index (χ0v) is 12.9. The summed E-state index contributed by atoms with van der Waals surface area (Å²) in [6.45, 7) is 8.82. The summed E-state index contributed by atoms with van der Waals surface area (Å²) in [4.78, 5) is 0. The topological polar surface area (TPSA) is 48.8 Å². The summed E-state index contributed by atoms with van der Waals surface area (Å²) >= 11 is 0. The van der Waals surface area contributed by atoms with Crippen LogP contribution in [0.5, 0.6) is 0 Å². The summed E-state index contributed by atoms with van der Waals surface area (Å²) in [5.41, 5.74) is 12.1. The van der Waals surface area contributed by atoms with Gasteiger partial charge in [0.05, 0.1) is 12.7 Å². The van der Waals surface area contributed by atoms with Gasteiger partial charge in [0.1, 0.15) is 0 Å². The Hall–Kier alpha value is -2.07. The van der Waals surface area contributed by atoms with Crippen LogP contribution in [0.2, 0.25) is 0 Å². The zero-order chi connectivity index (χ0) is 15.0. The molecular weight excluding hydrogens is 260 g/mol. The van der Waals surface area contributed by atoms with Crippen LogP contribution in [0, 0.1) is 13.8 Å². The fraction of sp³-hybridized carbons (Fsp3) is 0.353. The van der Waals surface area contributed by atoms with Crippen LogP contribution in [0.3, 0.4) is 0 Å². The van der Waals surface area contributed by atoms with Crippen molar-refractivity contribution in [1.29, 1.82) is 0 Å². The Morgan fingerprint density at radius 3 is 2.67 bits per heavy atom. The van der Waals surface area contributed by atoms with Crippen molar-refractivity contribution in [3.63, 3.8) is 0 Å². The summed E-state index contributed by atoms with van der Waals surface area (Å²) in [6.07, 6.45) is 4.08. The highest BCUT2D eigenvalue weighted by Gasteiger charge is 2.12. The third-order valence-corrected chi connectivity index (χ3v) is 4.29. The van der Waals surface area contributed by atoms with E-state index in [4.69, 9.17) is 5.73 Å². The van der Waals surface area contributed by atoms with Crippen molar-refractivity contribution < 1.29 is 0 Å². The second-order valence-corrected chi connectivity index (χ2v) is 5.56. The number of hydrogen-bond donors (Lipinski definition) is 1. The molecule has 2 heterocycles. The van der Waals surface area contributed by atoms with Gasteiger partial charge in [-0.1, -0.05) is 6.07 Å². The number of nitrogens with two attached hydrogens (primary N) is 1. The average Bonchev–Trinajstić information content (AvgIpc) is 3.06. The van der Waals surface area contributed by atoms with Crippen molar-refractivity contribution in [2.24, 2.45) is 5.73 Å². The third kappa shape index (κ3) is 2.36. The number of aryl methyl sites for hydroxylation is 2. The molecule has 4 nitrogen and oxygen atoms in total. The molecule has 0 radical (unpaired) electrons. The van der Waals surface area contributed by atoms with E-state index in [9.17, 15) is 0 Å². The van der Waals surface area contributed by atoms with Crippen molar-refractivity contribution in [3.8, 4) is 0 Å². The maximum Gasteiger partial charge on any atom is 0.0539 e. The van der Waals surface area contributed by atoms with Crippen LogP contribution >= 0.6 is 0 Å². The van der Waals surface area contributed by atoms with Crippen molar-refractivity contribution in [3.05, 3.63) is 53.0 Å². The minimum Gasteiger partial charge on any atom is -0.340 e. The molecule has 0 atom stereocenters. The lowest BCUT2D eigenvalue weighted by Gasteiger charge is -2.07. The summed E-state index contributed by atoms with van der Waals surface area (Å²) < 4.78 is 4.33. The summed E-state index contributed by atoms with van der Waals surface area (Å²) in [5.74, 6) is 0. The standard InChI is InChI=1S/C17H22N4/c1-4-20-10-15(9-19-20)11-21-13(3)12(2)16-7-14(8-18)5-6-17(16)21/h5-7,9-10H,4,8,11,18H2,1-3H3. The molecule has 0 bridgehead atoms. The first-order chi connectivity index (χ1) is 10.1. The number of aromatic nitrogens is 3. The molecule has 1 aromatic carbocycles. The van der Waals surface area contributed by atoms with Crippen LogP contribution in [-0.2, 0) is 19.6 Å². The quantitative estimate of drug-likeness (QED) is 0.799. The van der Waals surface area contributed by atoms with E-state index in [0.717, 1.165) is 13.1 Å². The van der Waals surface area contributed by atoms with Gasteiger partial charge in [-0.3, -0.25) is 4.68 Å². The molecule has 0 saturated heterocycles. The highest BCUT2D eigenvalue weighted by molar-refractivity contribution is 5.86. The lowest BCUT2D eigenvalue weighted by Crippen LogP contribution is -2.01. The molecule has 2 N–H and O–H groups in total. The van der Waals surface area contributed by atoms with Crippen molar-refractivity contribution in [2.45, 2.75) is 40.4 Å². The molecule has 3 aromatic rings. The van der Waals surface area contributed by atoms with E-state index >= 15 is 0 Å². The van der Waals surface area contributed by atoms with Gasteiger partial charge in [0.25, 0.3) is 0 Å². The fourth-order valence-corrected chi connectivity index (χ4v) is 2.87. The molecular formula is C17H22N4. The molecule has 110 valence electrons. The fourth-order valence-electron chi connectivity index (χ4n) is 2.87. The first-order valence-electron chi connectivity index (χ1n) is 7.43. The molecule has 0 aliphatic carbocycles. The number of benzene rings is 1. The maximum atomic E-state index is 5.76. The number of nitrogens with zero attached hydrogens (tertiary/aromatic N) is 3. The minimum atomic E-state index is 0.586. The zero-order valence-electron chi connectivity index (χ0n) is 12.9. The maximum absolute atomic E-state index is 5.76. The molecule has 0 aliphatic rings. The van der Waals surface area contributed by atoms with E-state index in [-0.39, 0.29) is 0 Å². The second kappa shape index (κ2) is 5.37. The molecule has 2 aromatic heterocycles. The van der Waals surface area contributed by atoms with E-state index in [0.29, 0.717) is 6.54 Å². The van der Waals surface area contributed by atoms with Crippen LogP contribution < -0.4 is 5.73 Å². The van der Waals surface area contributed by atoms with Gasteiger partial charge in [0.15, 0.2) is 0 Å². The lowest BCUT2D eigenvalue weighted by molar-refractivity contribution is 0.658. The van der Waals surface area contributed by atoms with E-state index in [2.05, 4.69) is 54.8 Å². The normalized spacial score (nSPS) is 11.4. The summed E-state index contributed by atoms with van der Waals surface area (Å²) in [6, 6.07) is 6.51. The van der Waals surface area contributed by atoms with E-state index in [1.807, 2.05) is 10.9 Å². The molecule has 3 rings (SSSR count). The van der Waals surface area contributed by atoms with E-state index < -0.39 is 0 Å². The lowest BCUT2D eigenvalue weighted by atomic mass is 10.1. The molecule has 0 spiro atoms. The van der Waals surface area contributed by atoms with Gasteiger partial charge < -0.3 is 10.3 Å². The molecule has 0 fully saturated rings. The molecule has 0 unspecified atom stereocenters. The second-order valence-electron chi connectivity index (χ2n) is 5.56. The highest BCUT2D eigenvalue weighted by Crippen LogP contribution is 2.27. The Kier molecular flexibility index (Phi) is 3.55. The SMILES string of the molecule is CCn1cc(Cn2c(C)c(C)c3cc(CN)ccc32)cn1. The molecule has 0 amide bonds. The van der Waals surface area contributed by atoms with Crippen LogP contribution in [-0.4, -0.2) is 14.3 Å². The molecule has 0 saturated carbocycles. The summed E-state index contributed by atoms with van der Waals surface area (Å²) in [5, 5.41) is 5.67. The molecule has 0 aliphatic heterocycles.